The lowest BCUT2D eigenvalue weighted by Crippen LogP contribution is -2.09. The van der Waals surface area contributed by atoms with Crippen LogP contribution in [0.2, 0.25) is 0 Å². The molecule has 0 bridgehead atoms. The summed E-state index contributed by atoms with van der Waals surface area (Å²) in [5, 5.41) is 8.89. The van der Waals surface area contributed by atoms with Gasteiger partial charge in [-0.1, -0.05) is 127 Å². The molecule has 4 nitrogen and oxygen atoms in total. The van der Waals surface area contributed by atoms with E-state index in [0.717, 1.165) is 58.1 Å². The van der Waals surface area contributed by atoms with Crippen LogP contribution < -0.4 is 0 Å². The summed E-state index contributed by atoms with van der Waals surface area (Å²) in [6.45, 7) is 0. The molecule has 12 aromatic rings. The van der Waals surface area contributed by atoms with E-state index >= 15 is 0 Å². The number of hydrogen-bond acceptors (Lipinski definition) is 4. The van der Waals surface area contributed by atoms with Crippen LogP contribution in [0.5, 0.6) is 0 Å². The van der Waals surface area contributed by atoms with Crippen LogP contribution >= 0.6 is 22.7 Å². The topological polar surface area (TPSA) is 35.6 Å². The third-order valence-electron chi connectivity index (χ3n) is 13.4. The van der Waals surface area contributed by atoms with Crippen LogP contribution in [-0.2, 0) is 12.8 Å². The molecule has 0 fully saturated rings. The van der Waals surface area contributed by atoms with E-state index in [2.05, 4.69) is 185 Å². The van der Waals surface area contributed by atoms with E-state index in [9.17, 15) is 0 Å². The van der Waals surface area contributed by atoms with Gasteiger partial charge < -0.3 is 4.57 Å². The summed E-state index contributed by atoms with van der Waals surface area (Å²) in [6.07, 6.45) is 12.6. The highest BCUT2D eigenvalue weighted by Crippen LogP contribution is 2.48. The van der Waals surface area contributed by atoms with Gasteiger partial charge in [0.25, 0.3) is 0 Å². The number of para-hydroxylation sites is 3. The molecule has 1 atom stereocenters. The summed E-state index contributed by atoms with van der Waals surface area (Å²) in [6, 6.07) is 55.2. The summed E-state index contributed by atoms with van der Waals surface area (Å²) in [5.74, 6) is 0.933. The second kappa shape index (κ2) is 13.2. The van der Waals surface area contributed by atoms with Gasteiger partial charge in [0.2, 0.25) is 5.95 Å². The van der Waals surface area contributed by atoms with Gasteiger partial charge in [-0.05, 0) is 84.5 Å². The molecular formula is C56H36N4S2. The fourth-order valence-electron chi connectivity index (χ4n) is 10.6. The van der Waals surface area contributed by atoms with Gasteiger partial charge in [-0.2, -0.15) is 0 Å². The Hall–Kier alpha value is -7.12. The third kappa shape index (κ3) is 4.93. The molecule has 0 saturated carbocycles. The van der Waals surface area contributed by atoms with Gasteiger partial charge in [0.05, 0.1) is 33.5 Å². The molecule has 5 heterocycles. The van der Waals surface area contributed by atoms with Crippen molar-refractivity contribution < 1.29 is 0 Å². The van der Waals surface area contributed by atoms with Crippen molar-refractivity contribution in [2.45, 2.75) is 25.2 Å². The summed E-state index contributed by atoms with van der Waals surface area (Å²) >= 11 is 3.91. The fourth-order valence-corrected chi connectivity index (χ4v) is 13.2. The number of benzene rings is 7. The highest BCUT2D eigenvalue weighted by atomic mass is 32.1. The molecule has 5 aromatic heterocycles. The van der Waals surface area contributed by atoms with Crippen LogP contribution in [-0.4, -0.2) is 19.1 Å². The van der Waals surface area contributed by atoms with Crippen molar-refractivity contribution in [3.8, 4) is 22.9 Å². The first-order chi connectivity index (χ1) is 30.7. The van der Waals surface area contributed by atoms with Gasteiger partial charge in [-0.25, -0.2) is 9.97 Å². The Morgan fingerprint density at radius 1 is 0.565 bits per heavy atom. The molecule has 0 amide bonds. The Morgan fingerprint density at radius 2 is 1.35 bits per heavy atom. The van der Waals surface area contributed by atoms with E-state index in [1.807, 2.05) is 22.7 Å². The third-order valence-corrected chi connectivity index (χ3v) is 15.9. The van der Waals surface area contributed by atoms with E-state index in [4.69, 9.17) is 9.97 Å². The van der Waals surface area contributed by atoms with Gasteiger partial charge in [-0.3, -0.25) is 4.57 Å². The predicted molar refractivity (Wildman–Crippen MR) is 264 cm³/mol. The molecule has 1 unspecified atom stereocenters. The van der Waals surface area contributed by atoms with Crippen molar-refractivity contribution in [1.82, 2.24) is 19.1 Å². The first-order valence-corrected chi connectivity index (χ1v) is 23.1. The van der Waals surface area contributed by atoms with Crippen molar-refractivity contribution in [3.05, 3.63) is 191 Å². The number of thiophene rings is 2. The standard InChI is InChI=1S/C56H36N4S2/c1-2-13-35(14-3-1)59-46-22-9-5-15-37(46)38-27-25-34(32-49(38)59)53-43-18-4-8-21-45(43)57-56(58-53)60-47-29-26-33(36-19-12-20-41-39-16-6-10-23-50(39)61-54(36)41)31-44(47)52-48(60)30-28-42-40-17-7-11-24-51(40)62-55(42)52/h1-10,12-23,25-30,32-33H,11,24,31H2. The Balaban J connectivity index is 1.01. The number of fused-ring (bicyclic) bond motifs is 14. The smallest absolute Gasteiger partial charge is 0.235 e. The Morgan fingerprint density at radius 3 is 2.29 bits per heavy atom. The summed E-state index contributed by atoms with van der Waals surface area (Å²) in [4.78, 5) is 12.5. The lowest BCUT2D eigenvalue weighted by molar-refractivity contribution is 0.828. The molecule has 292 valence electrons. The van der Waals surface area contributed by atoms with Gasteiger partial charge in [0.15, 0.2) is 0 Å². The van der Waals surface area contributed by atoms with Crippen molar-refractivity contribution in [3.63, 3.8) is 0 Å². The lowest BCUT2D eigenvalue weighted by atomic mass is 9.86. The average Bonchev–Trinajstić information content (AvgIpc) is 4.08. The van der Waals surface area contributed by atoms with Crippen molar-refractivity contribution in [1.29, 1.82) is 0 Å². The predicted octanol–water partition coefficient (Wildman–Crippen LogP) is 15.2. The van der Waals surface area contributed by atoms with Crippen LogP contribution in [0.4, 0.5) is 0 Å². The van der Waals surface area contributed by atoms with Gasteiger partial charge in [-0.15, -0.1) is 22.7 Å². The maximum Gasteiger partial charge on any atom is 0.235 e. The Bertz CT molecular complexity index is 3910. The number of aromatic nitrogens is 4. The number of aryl methyl sites for hydroxylation is 1. The minimum atomic E-state index is 0.235. The molecule has 0 radical (unpaired) electrons. The zero-order valence-corrected chi connectivity index (χ0v) is 35.2. The molecule has 2 aliphatic carbocycles. The normalized spacial score (nSPS) is 14.9. The summed E-state index contributed by atoms with van der Waals surface area (Å²) < 4.78 is 8.86. The van der Waals surface area contributed by atoms with Gasteiger partial charge >= 0.3 is 0 Å². The monoisotopic (exact) mass is 828 g/mol. The van der Waals surface area contributed by atoms with E-state index < -0.39 is 0 Å². The summed E-state index contributed by atoms with van der Waals surface area (Å²) in [7, 11) is 0. The van der Waals surface area contributed by atoms with E-state index in [1.165, 1.54) is 79.2 Å². The lowest BCUT2D eigenvalue weighted by Gasteiger charge is -2.20. The van der Waals surface area contributed by atoms with Crippen LogP contribution in [0.1, 0.15) is 39.6 Å². The first-order valence-electron chi connectivity index (χ1n) is 21.5. The molecule has 0 saturated heterocycles. The molecular weight excluding hydrogens is 793 g/mol. The fraction of sp³-hybridized carbons (Fsp3) is 0.0714. The van der Waals surface area contributed by atoms with Crippen molar-refractivity contribution >= 4 is 109 Å². The zero-order chi connectivity index (χ0) is 40.5. The summed E-state index contributed by atoms with van der Waals surface area (Å²) in [5.41, 5.74) is 12.9. The molecule has 2 aliphatic rings. The van der Waals surface area contributed by atoms with E-state index in [-0.39, 0.29) is 5.92 Å². The number of rotatable bonds is 4. The highest BCUT2D eigenvalue weighted by molar-refractivity contribution is 7.26. The maximum absolute atomic E-state index is 5.63. The molecule has 7 aromatic carbocycles. The maximum atomic E-state index is 5.63. The second-order valence-electron chi connectivity index (χ2n) is 16.7. The number of hydrogen-bond donors (Lipinski definition) is 0. The van der Waals surface area contributed by atoms with Crippen LogP contribution in [0, 0.1) is 0 Å². The molecule has 0 spiro atoms. The van der Waals surface area contributed by atoms with Crippen molar-refractivity contribution in [2.75, 3.05) is 0 Å². The van der Waals surface area contributed by atoms with Crippen LogP contribution in [0.15, 0.2) is 164 Å². The largest absolute Gasteiger partial charge is 0.309 e. The minimum Gasteiger partial charge on any atom is -0.309 e. The van der Waals surface area contributed by atoms with Gasteiger partial charge in [0.1, 0.15) is 0 Å². The Labute approximate surface area is 365 Å². The average molecular weight is 829 g/mol. The zero-order valence-electron chi connectivity index (χ0n) is 33.5. The number of nitrogens with zero attached hydrogens (tertiary/aromatic N) is 4. The van der Waals surface area contributed by atoms with Crippen LogP contribution in [0.25, 0.3) is 109 Å². The molecule has 6 heteroatoms. The quantitative estimate of drug-likeness (QED) is 0.177. The van der Waals surface area contributed by atoms with E-state index in [1.54, 1.807) is 0 Å². The number of allylic oxidation sites excluding steroid dienone is 2. The minimum absolute atomic E-state index is 0.235. The van der Waals surface area contributed by atoms with Gasteiger partial charge in [0, 0.05) is 73.8 Å². The first kappa shape index (κ1) is 34.6. The SMILES string of the molecule is C1=Cc2c(sc3c2ccc2c3c3c(n2-c2nc(-c4ccc5c6ccccc6n(-c6ccccc6)c5c4)c4ccccc4n2)C=CC(c2cccc4c2sc2ccccc24)C3)CC1. The van der Waals surface area contributed by atoms with Crippen molar-refractivity contribution in [2.24, 2.45) is 0 Å². The molecule has 14 rings (SSSR count). The molecule has 0 aliphatic heterocycles. The Kier molecular flexibility index (Phi) is 7.36. The molecule has 0 N–H and O–H groups in total. The highest BCUT2D eigenvalue weighted by Gasteiger charge is 2.29. The van der Waals surface area contributed by atoms with Crippen LogP contribution in [0.3, 0.4) is 0 Å². The second-order valence-corrected chi connectivity index (χ2v) is 18.9. The van der Waals surface area contributed by atoms with E-state index in [0.29, 0.717) is 5.95 Å². The molecule has 62 heavy (non-hydrogen) atoms.